The molecular formula is C10H12N2. The van der Waals surface area contributed by atoms with Gasteiger partial charge in [-0.25, -0.2) is 11.9 Å². The van der Waals surface area contributed by atoms with Crippen molar-refractivity contribution in [3.8, 4) is 0 Å². The van der Waals surface area contributed by atoms with Gasteiger partial charge < -0.3 is 0 Å². The molecule has 0 aliphatic heterocycles. The second-order valence-electron chi connectivity index (χ2n) is 2.67. The Bertz CT molecular complexity index is 261. The van der Waals surface area contributed by atoms with Crippen LogP contribution in [0.15, 0.2) is 30.3 Å². The molecule has 1 unspecified atom stereocenters. The van der Waals surface area contributed by atoms with E-state index in [-0.39, 0.29) is 6.17 Å². The summed E-state index contributed by atoms with van der Waals surface area (Å²) in [5.74, 6) is 0. The lowest BCUT2D eigenvalue weighted by Crippen LogP contribution is -2.21. The summed E-state index contributed by atoms with van der Waals surface area (Å²) in [5.41, 5.74) is 1.22. The Kier molecular flexibility index (Phi) is 3.31. The molecule has 0 bridgehead atoms. The molecule has 1 atom stereocenters. The van der Waals surface area contributed by atoms with Crippen LogP contribution in [0.4, 0.5) is 0 Å². The molecule has 0 amide bonds. The minimum absolute atomic E-state index is 0.0924. The van der Waals surface area contributed by atoms with Crippen molar-refractivity contribution >= 4 is 0 Å². The van der Waals surface area contributed by atoms with Crippen molar-refractivity contribution in [3.05, 3.63) is 47.3 Å². The van der Waals surface area contributed by atoms with Crippen LogP contribution in [-0.4, -0.2) is 6.17 Å². The van der Waals surface area contributed by atoms with Crippen LogP contribution in [0.3, 0.4) is 0 Å². The summed E-state index contributed by atoms with van der Waals surface area (Å²) >= 11 is 0. The Morgan fingerprint density at radius 2 is 2.08 bits per heavy atom. The van der Waals surface area contributed by atoms with E-state index in [4.69, 9.17) is 6.57 Å². The molecule has 1 aromatic carbocycles. The number of benzene rings is 1. The highest BCUT2D eigenvalue weighted by Gasteiger charge is 2.00. The second-order valence-corrected chi connectivity index (χ2v) is 2.67. The van der Waals surface area contributed by atoms with Crippen LogP contribution >= 0.6 is 0 Å². The predicted molar refractivity (Wildman–Crippen MR) is 49.3 cm³/mol. The maximum Gasteiger partial charge on any atom is 0.274 e. The van der Waals surface area contributed by atoms with E-state index in [1.165, 1.54) is 5.56 Å². The Balaban J connectivity index is 2.40. The Labute approximate surface area is 73.0 Å². The molecule has 0 heterocycles. The quantitative estimate of drug-likeness (QED) is 0.669. The summed E-state index contributed by atoms with van der Waals surface area (Å²) in [4.78, 5) is 3.34. The van der Waals surface area contributed by atoms with E-state index in [0.717, 1.165) is 6.54 Å². The molecule has 62 valence electrons. The highest BCUT2D eigenvalue weighted by molar-refractivity contribution is 5.14. The fraction of sp³-hybridized carbons (Fsp3) is 0.300. The number of nitrogens with one attached hydrogen (secondary N) is 1. The molecule has 1 aromatic rings. The van der Waals surface area contributed by atoms with Crippen LogP contribution in [0, 0.1) is 6.57 Å². The van der Waals surface area contributed by atoms with Gasteiger partial charge in [0.1, 0.15) is 0 Å². The minimum atomic E-state index is -0.0924. The van der Waals surface area contributed by atoms with Crippen molar-refractivity contribution < 1.29 is 0 Å². The lowest BCUT2D eigenvalue weighted by atomic mass is 10.2. The maximum atomic E-state index is 6.74. The maximum absolute atomic E-state index is 6.74. The second kappa shape index (κ2) is 4.53. The van der Waals surface area contributed by atoms with Crippen LogP contribution in [0.2, 0.25) is 0 Å². The zero-order valence-electron chi connectivity index (χ0n) is 7.12. The van der Waals surface area contributed by atoms with Gasteiger partial charge in [-0.15, -0.1) is 0 Å². The molecule has 0 radical (unpaired) electrons. The molecule has 0 aliphatic rings. The third-order valence-corrected chi connectivity index (χ3v) is 1.64. The number of rotatable bonds is 3. The van der Waals surface area contributed by atoms with Gasteiger partial charge in [-0.1, -0.05) is 30.3 Å². The van der Waals surface area contributed by atoms with Gasteiger partial charge in [0, 0.05) is 13.5 Å². The molecule has 12 heavy (non-hydrogen) atoms. The van der Waals surface area contributed by atoms with Crippen molar-refractivity contribution in [2.75, 3.05) is 0 Å². The van der Waals surface area contributed by atoms with Gasteiger partial charge in [0.05, 0.1) is 0 Å². The van der Waals surface area contributed by atoms with Crippen LogP contribution in [-0.2, 0) is 6.54 Å². The summed E-state index contributed by atoms with van der Waals surface area (Å²) in [6.45, 7) is 9.36. The van der Waals surface area contributed by atoms with Crippen LogP contribution in [0.25, 0.3) is 4.85 Å². The fourth-order valence-corrected chi connectivity index (χ4v) is 0.907. The van der Waals surface area contributed by atoms with Crippen molar-refractivity contribution in [1.82, 2.24) is 5.32 Å². The van der Waals surface area contributed by atoms with Gasteiger partial charge in [0.2, 0.25) is 0 Å². The van der Waals surface area contributed by atoms with Crippen LogP contribution < -0.4 is 5.32 Å². The highest BCUT2D eigenvalue weighted by Crippen LogP contribution is 1.97. The molecule has 1 rings (SSSR count). The van der Waals surface area contributed by atoms with E-state index in [1.807, 2.05) is 37.3 Å². The monoisotopic (exact) mass is 160 g/mol. The minimum Gasteiger partial charge on any atom is -0.297 e. The summed E-state index contributed by atoms with van der Waals surface area (Å²) in [5, 5.41) is 3.09. The van der Waals surface area contributed by atoms with Gasteiger partial charge in [0.25, 0.3) is 6.17 Å². The Hall–Kier alpha value is -1.33. The summed E-state index contributed by atoms with van der Waals surface area (Å²) in [7, 11) is 0. The molecule has 1 N–H and O–H groups in total. The number of hydrogen-bond acceptors (Lipinski definition) is 1. The first-order valence-corrected chi connectivity index (χ1v) is 3.97. The first-order chi connectivity index (χ1) is 5.83. The van der Waals surface area contributed by atoms with Crippen LogP contribution in [0.5, 0.6) is 0 Å². The molecule has 0 aliphatic carbocycles. The van der Waals surface area contributed by atoms with Crippen molar-refractivity contribution in [2.45, 2.75) is 19.6 Å². The topological polar surface area (TPSA) is 16.4 Å². The zero-order chi connectivity index (χ0) is 8.81. The third-order valence-electron chi connectivity index (χ3n) is 1.64. The molecule has 0 spiro atoms. The highest BCUT2D eigenvalue weighted by atomic mass is 15.0. The van der Waals surface area contributed by atoms with Gasteiger partial charge in [-0.05, 0) is 5.56 Å². The van der Waals surface area contributed by atoms with E-state index >= 15 is 0 Å². The molecular weight excluding hydrogens is 148 g/mol. The van der Waals surface area contributed by atoms with E-state index in [1.54, 1.807) is 0 Å². The molecule has 0 fully saturated rings. The lowest BCUT2D eigenvalue weighted by molar-refractivity contribution is 0.630. The predicted octanol–water partition coefficient (Wildman–Crippen LogP) is 2.04. The summed E-state index contributed by atoms with van der Waals surface area (Å²) in [6, 6.07) is 10.1. The first-order valence-electron chi connectivity index (χ1n) is 3.97. The molecule has 0 saturated carbocycles. The van der Waals surface area contributed by atoms with Crippen molar-refractivity contribution in [3.63, 3.8) is 0 Å². The first kappa shape index (κ1) is 8.76. The molecule has 0 saturated heterocycles. The van der Waals surface area contributed by atoms with Gasteiger partial charge in [0.15, 0.2) is 0 Å². The van der Waals surface area contributed by atoms with Crippen LogP contribution in [0.1, 0.15) is 12.5 Å². The molecule has 2 nitrogen and oxygen atoms in total. The van der Waals surface area contributed by atoms with E-state index in [9.17, 15) is 0 Å². The molecule has 2 heteroatoms. The summed E-state index contributed by atoms with van der Waals surface area (Å²) < 4.78 is 0. The smallest absolute Gasteiger partial charge is 0.274 e. The third kappa shape index (κ3) is 2.73. The standard InChI is InChI=1S/C10H12N2/c1-9(11-2)12-8-10-6-4-3-5-7-10/h3-7,9,12H,8H2,1H3. The normalized spacial score (nSPS) is 12.0. The van der Waals surface area contributed by atoms with Gasteiger partial charge in [-0.2, -0.15) is 0 Å². The van der Waals surface area contributed by atoms with E-state index < -0.39 is 0 Å². The SMILES string of the molecule is [C-]#[N+]C(C)NCc1ccccc1. The number of hydrogen-bond donors (Lipinski definition) is 1. The largest absolute Gasteiger partial charge is 0.297 e. The molecule has 0 aromatic heterocycles. The van der Waals surface area contributed by atoms with Crippen molar-refractivity contribution in [1.29, 1.82) is 0 Å². The fourth-order valence-electron chi connectivity index (χ4n) is 0.907. The van der Waals surface area contributed by atoms with Crippen molar-refractivity contribution in [2.24, 2.45) is 0 Å². The average molecular weight is 160 g/mol. The average Bonchev–Trinajstić information content (AvgIpc) is 2.16. The zero-order valence-corrected chi connectivity index (χ0v) is 7.12. The lowest BCUT2D eigenvalue weighted by Gasteiger charge is -2.02. The van der Waals surface area contributed by atoms with E-state index in [0.29, 0.717) is 0 Å². The summed E-state index contributed by atoms with van der Waals surface area (Å²) in [6.07, 6.45) is -0.0924. The Morgan fingerprint density at radius 1 is 1.42 bits per heavy atom. The van der Waals surface area contributed by atoms with Gasteiger partial charge in [-0.3, -0.25) is 4.85 Å². The number of nitrogens with zero attached hydrogens (tertiary/aromatic N) is 1. The van der Waals surface area contributed by atoms with E-state index in [2.05, 4.69) is 10.2 Å². The van der Waals surface area contributed by atoms with Gasteiger partial charge >= 0.3 is 0 Å². The Morgan fingerprint density at radius 3 is 2.67 bits per heavy atom.